The Morgan fingerprint density at radius 3 is 1.95 bits per heavy atom. The lowest BCUT2D eigenvalue weighted by Crippen LogP contribution is -2.54. The van der Waals surface area contributed by atoms with Gasteiger partial charge in [-0.05, 0) is 44.0 Å². The lowest BCUT2D eigenvalue weighted by Gasteiger charge is -2.44. The first kappa shape index (κ1) is 33.2. The van der Waals surface area contributed by atoms with Crippen LogP contribution in [0.5, 0.6) is 0 Å². The van der Waals surface area contributed by atoms with Crippen molar-refractivity contribution in [3.8, 4) is 0 Å². The third kappa shape index (κ3) is 6.85. The molecule has 0 saturated carbocycles. The zero-order chi connectivity index (χ0) is 32.3. The van der Waals surface area contributed by atoms with Gasteiger partial charge in [-0.15, -0.1) is 0 Å². The molecule has 3 aromatic rings. The van der Waals surface area contributed by atoms with Gasteiger partial charge in [-0.1, -0.05) is 54.1 Å². The lowest BCUT2D eigenvalue weighted by molar-refractivity contribution is -0.141. The Hall–Kier alpha value is -3.67. The van der Waals surface area contributed by atoms with Crippen LogP contribution in [0.3, 0.4) is 0 Å². The van der Waals surface area contributed by atoms with E-state index in [2.05, 4.69) is 0 Å². The summed E-state index contributed by atoms with van der Waals surface area (Å²) in [4.78, 5) is 27.5. The van der Waals surface area contributed by atoms with Crippen LogP contribution >= 0.6 is 0 Å². The molecule has 3 N–H and O–H groups in total. The molecular weight excluding hydrogens is 637 g/mol. The number of anilines is 2. The highest BCUT2D eigenvalue weighted by atomic mass is 32.2. The molecule has 0 spiro atoms. The number of para-hydroxylation sites is 2. The van der Waals surface area contributed by atoms with Crippen molar-refractivity contribution >= 4 is 54.8 Å². The number of benzene rings is 3. The second-order valence-electron chi connectivity index (χ2n) is 10.00. The average Bonchev–Trinajstić information content (AvgIpc) is 2.95. The second-order valence-corrected chi connectivity index (χ2v) is 14.0. The van der Waals surface area contributed by atoms with Gasteiger partial charge in [0.25, 0.3) is 26.0 Å². The molecule has 0 radical (unpaired) electrons. The van der Waals surface area contributed by atoms with Crippen molar-refractivity contribution < 1.29 is 49.0 Å². The molecular formula is C28H30N2O11S3. The summed E-state index contributed by atoms with van der Waals surface area (Å²) in [5, 5.41) is 9.23. The first-order valence-electron chi connectivity index (χ1n) is 13.3. The summed E-state index contributed by atoms with van der Waals surface area (Å²) < 4.78 is 88.7. The molecule has 44 heavy (non-hydrogen) atoms. The van der Waals surface area contributed by atoms with Gasteiger partial charge in [0.05, 0.1) is 10.6 Å². The van der Waals surface area contributed by atoms with E-state index in [4.69, 9.17) is 4.18 Å². The molecule has 1 heterocycles. The van der Waals surface area contributed by atoms with Gasteiger partial charge in [-0.3, -0.25) is 18.7 Å². The number of aryl methyl sites for hydroxylation is 1. The molecule has 0 bridgehead atoms. The fourth-order valence-corrected chi connectivity index (χ4v) is 7.52. The van der Waals surface area contributed by atoms with Crippen molar-refractivity contribution in [1.29, 1.82) is 0 Å². The van der Waals surface area contributed by atoms with Gasteiger partial charge in [-0.2, -0.15) is 12.6 Å². The van der Waals surface area contributed by atoms with Crippen LogP contribution in [0.4, 0.5) is 11.4 Å². The molecule has 1 unspecified atom stereocenters. The number of aliphatic carboxylic acids is 1. The van der Waals surface area contributed by atoms with E-state index in [9.17, 15) is 44.8 Å². The number of amides is 1. The Morgan fingerprint density at radius 2 is 1.45 bits per heavy atom. The number of carbonyl (C=O) groups is 2. The Morgan fingerprint density at radius 1 is 0.909 bits per heavy atom. The average molecular weight is 667 g/mol. The monoisotopic (exact) mass is 666 g/mol. The standard InChI is InChI=1S/C28H30N2O11S3/c1-20-13-15-21(16-14-20)44(39,40)30(18-6-12-26(31)32)27(33)28(41-42(34)35)22-8-2-4-10-24(22)29(17-7-19-43(36,37)38)25-11-5-3-9-23(25)28/h2-5,8-11,13-16H,6-7,12,17-19H2,1H3,(H,31,32)(H,34,35)(H,36,37,38). The van der Waals surface area contributed by atoms with Crippen molar-refractivity contribution in [2.45, 2.75) is 36.7 Å². The first-order valence-corrected chi connectivity index (χ1v) is 17.3. The predicted molar refractivity (Wildman–Crippen MR) is 161 cm³/mol. The zero-order valence-corrected chi connectivity index (χ0v) is 25.8. The number of carboxylic acids is 1. The van der Waals surface area contributed by atoms with Crippen LogP contribution in [-0.2, 0) is 50.9 Å². The van der Waals surface area contributed by atoms with Gasteiger partial charge in [0.1, 0.15) is 0 Å². The number of sulfonamides is 1. The van der Waals surface area contributed by atoms with E-state index in [1.807, 2.05) is 0 Å². The van der Waals surface area contributed by atoms with Crippen LogP contribution in [0.2, 0.25) is 0 Å². The van der Waals surface area contributed by atoms with Gasteiger partial charge >= 0.3 is 17.3 Å². The van der Waals surface area contributed by atoms with Crippen LogP contribution in [0.1, 0.15) is 36.0 Å². The minimum absolute atomic E-state index is 0.0136. The van der Waals surface area contributed by atoms with E-state index in [-0.39, 0.29) is 46.8 Å². The normalized spacial score (nSPS) is 14.8. The number of carboxylic acid groups (broad SMARTS) is 1. The van der Waals surface area contributed by atoms with Crippen molar-refractivity contribution in [3.05, 3.63) is 89.5 Å². The number of fused-ring (bicyclic) bond motifs is 2. The third-order valence-corrected chi connectivity index (χ3v) is 10.0. The lowest BCUT2D eigenvalue weighted by atomic mass is 9.79. The van der Waals surface area contributed by atoms with E-state index < -0.39 is 67.7 Å². The van der Waals surface area contributed by atoms with E-state index in [1.165, 1.54) is 48.5 Å². The fraction of sp³-hybridized carbons (Fsp3) is 0.286. The number of carbonyl (C=O) groups excluding carboxylic acids is 1. The number of hydrogen-bond donors (Lipinski definition) is 3. The second kappa shape index (κ2) is 13.1. The van der Waals surface area contributed by atoms with E-state index in [1.54, 1.807) is 36.1 Å². The van der Waals surface area contributed by atoms with Crippen LogP contribution in [0, 0.1) is 6.92 Å². The summed E-state index contributed by atoms with van der Waals surface area (Å²) in [7, 11) is -8.96. The van der Waals surface area contributed by atoms with Gasteiger partial charge in [-0.25, -0.2) is 16.9 Å². The maximum Gasteiger partial charge on any atom is 0.303 e. The maximum absolute atomic E-state index is 14.8. The summed E-state index contributed by atoms with van der Waals surface area (Å²) in [6.45, 7) is 1.17. The van der Waals surface area contributed by atoms with Crippen LogP contribution in [-0.4, -0.2) is 70.3 Å². The Bertz CT molecular complexity index is 1750. The molecule has 0 saturated heterocycles. The van der Waals surface area contributed by atoms with Gasteiger partial charge in [0.15, 0.2) is 0 Å². The molecule has 1 aliphatic rings. The van der Waals surface area contributed by atoms with Crippen LogP contribution < -0.4 is 4.90 Å². The van der Waals surface area contributed by atoms with Crippen molar-refractivity contribution in [2.75, 3.05) is 23.7 Å². The number of hydrogen-bond acceptors (Lipinski definition) is 9. The number of nitrogens with zero attached hydrogens (tertiary/aromatic N) is 2. The van der Waals surface area contributed by atoms with Crippen molar-refractivity contribution in [1.82, 2.24) is 4.31 Å². The Balaban J connectivity index is 1.96. The highest BCUT2D eigenvalue weighted by Gasteiger charge is 2.55. The quantitative estimate of drug-likeness (QED) is 0.178. The largest absolute Gasteiger partial charge is 0.481 e. The summed E-state index contributed by atoms with van der Waals surface area (Å²) in [6, 6.07) is 17.8. The topological polar surface area (TPSA) is 196 Å². The summed E-state index contributed by atoms with van der Waals surface area (Å²) in [5.74, 6) is -3.05. The number of rotatable bonds is 13. The summed E-state index contributed by atoms with van der Waals surface area (Å²) in [5.41, 5.74) is -1.31. The molecule has 16 heteroatoms. The smallest absolute Gasteiger partial charge is 0.303 e. The van der Waals surface area contributed by atoms with Gasteiger partial charge < -0.3 is 10.0 Å². The molecule has 0 fully saturated rings. The minimum Gasteiger partial charge on any atom is -0.481 e. The van der Waals surface area contributed by atoms with Crippen LogP contribution in [0.25, 0.3) is 0 Å². The molecule has 1 aliphatic heterocycles. The highest BCUT2D eigenvalue weighted by molar-refractivity contribution is 7.89. The van der Waals surface area contributed by atoms with Crippen LogP contribution in [0.15, 0.2) is 77.7 Å². The van der Waals surface area contributed by atoms with E-state index in [0.29, 0.717) is 4.31 Å². The third-order valence-electron chi connectivity index (χ3n) is 7.02. The zero-order valence-electron chi connectivity index (χ0n) is 23.4. The van der Waals surface area contributed by atoms with E-state index in [0.717, 1.165) is 5.56 Å². The van der Waals surface area contributed by atoms with Gasteiger partial charge in [0, 0.05) is 42.0 Å². The maximum atomic E-state index is 14.8. The summed E-state index contributed by atoms with van der Waals surface area (Å²) >= 11 is -3.14. The molecule has 0 aromatic heterocycles. The SMILES string of the molecule is Cc1ccc(S(=O)(=O)N(CCCC(=O)O)C(=O)C2(OS(=O)O)c3ccccc3N(CCCS(=O)(=O)O)c3ccccc32)cc1. The van der Waals surface area contributed by atoms with Crippen molar-refractivity contribution in [2.24, 2.45) is 0 Å². The van der Waals surface area contributed by atoms with Gasteiger partial charge in [0.2, 0.25) is 5.60 Å². The highest BCUT2D eigenvalue weighted by Crippen LogP contribution is 2.51. The minimum atomic E-state index is -4.67. The molecule has 4 rings (SSSR count). The molecule has 1 amide bonds. The fourth-order valence-electron chi connectivity index (χ4n) is 5.11. The molecule has 0 aliphatic carbocycles. The molecule has 1 atom stereocenters. The van der Waals surface area contributed by atoms with E-state index >= 15 is 0 Å². The Labute approximate surface area is 257 Å². The predicted octanol–water partition coefficient (Wildman–Crippen LogP) is 3.20. The van der Waals surface area contributed by atoms with Crippen molar-refractivity contribution in [3.63, 3.8) is 0 Å². The molecule has 3 aromatic carbocycles. The summed E-state index contributed by atoms with van der Waals surface area (Å²) in [6.07, 6.45) is -0.782. The molecule has 236 valence electrons. The first-order chi connectivity index (χ1) is 20.7. The Kier molecular flexibility index (Phi) is 9.92. The molecule has 13 nitrogen and oxygen atoms in total.